The molecule has 2 aromatic carbocycles. The van der Waals surface area contributed by atoms with Gasteiger partial charge < -0.3 is 23.9 Å². The molecule has 1 heterocycles. The Balaban J connectivity index is 1.61. The predicted molar refractivity (Wildman–Crippen MR) is 133 cm³/mol. The molecule has 0 aliphatic rings. The van der Waals surface area contributed by atoms with Gasteiger partial charge in [-0.05, 0) is 54.8 Å². The highest BCUT2D eigenvalue weighted by Gasteiger charge is 2.14. The van der Waals surface area contributed by atoms with Crippen molar-refractivity contribution in [2.45, 2.75) is 26.2 Å². The number of carbonyl (C=O) groups is 2. The molecule has 0 saturated heterocycles. The van der Waals surface area contributed by atoms with E-state index in [-0.39, 0.29) is 16.9 Å². The molecular formula is C27H29NO7. The molecule has 8 heteroatoms. The second-order valence-corrected chi connectivity index (χ2v) is 7.77. The summed E-state index contributed by atoms with van der Waals surface area (Å²) in [4.78, 5) is 36.8. The molecule has 0 unspecified atom stereocenters. The molecule has 0 radical (unpaired) electrons. The number of amides is 1. The van der Waals surface area contributed by atoms with Crippen LogP contribution in [-0.4, -0.2) is 38.7 Å². The summed E-state index contributed by atoms with van der Waals surface area (Å²) >= 11 is 0. The summed E-state index contributed by atoms with van der Waals surface area (Å²) in [6, 6.07) is 13.5. The van der Waals surface area contributed by atoms with Gasteiger partial charge in [-0.1, -0.05) is 25.5 Å². The van der Waals surface area contributed by atoms with Crippen LogP contribution < -0.4 is 20.4 Å². The maximum Gasteiger partial charge on any atom is 0.349 e. The maximum atomic E-state index is 12.3. The van der Waals surface area contributed by atoms with E-state index in [0.717, 1.165) is 24.2 Å². The molecule has 3 rings (SSSR count). The van der Waals surface area contributed by atoms with Crippen LogP contribution >= 0.6 is 0 Å². The monoisotopic (exact) mass is 479 g/mol. The van der Waals surface area contributed by atoms with Crippen LogP contribution in [0.4, 0.5) is 0 Å². The molecule has 0 bridgehead atoms. The van der Waals surface area contributed by atoms with Crippen LogP contribution in [0.2, 0.25) is 0 Å². The fourth-order valence-corrected chi connectivity index (χ4v) is 3.15. The minimum atomic E-state index is -0.771. The van der Waals surface area contributed by atoms with Crippen molar-refractivity contribution in [3.8, 4) is 11.5 Å². The van der Waals surface area contributed by atoms with Crippen molar-refractivity contribution >= 4 is 28.9 Å². The number of esters is 1. The van der Waals surface area contributed by atoms with E-state index in [1.165, 1.54) is 18.2 Å². The normalized spacial score (nSPS) is 11.0. The first-order chi connectivity index (χ1) is 17.0. The van der Waals surface area contributed by atoms with E-state index in [4.69, 9.17) is 18.6 Å². The van der Waals surface area contributed by atoms with Crippen LogP contribution in [0.3, 0.4) is 0 Å². The molecule has 1 amide bonds. The fraction of sp³-hybridized carbons (Fsp3) is 0.296. The standard InChI is InChI=1S/C27H29NO7/c1-3-4-16-33-21-10-6-19(7-11-21)8-13-25(29)34-22-12-9-20-17-23(27(31)35-24(20)18-22)26(30)28-14-5-15-32-2/h6-13,17-18H,3-5,14-16H2,1-2H3,(H,28,30)/b13-8+. The van der Waals surface area contributed by atoms with Crippen molar-refractivity contribution in [3.63, 3.8) is 0 Å². The average molecular weight is 480 g/mol. The summed E-state index contributed by atoms with van der Waals surface area (Å²) < 4.78 is 21.2. The lowest BCUT2D eigenvalue weighted by molar-refractivity contribution is -0.128. The van der Waals surface area contributed by atoms with Crippen LogP contribution in [0.25, 0.3) is 17.0 Å². The lowest BCUT2D eigenvalue weighted by Crippen LogP contribution is -2.29. The second-order valence-electron chi connectivity index (χ2n) is 7.77. The summed E-state index contributed by atoms with van der Waals surface area (Å²) in [6.45, 7) is 3.66. The van der Waals surface area contributed by atoms with Crippen LogP contribution in [0.5, 0.6) is 11.5 Å². The smallest absolute Gasteiger partial charge is 0.349 e. The predicted octanol–water partition coefficient (Wildman–Crippen LogP) is 4.36. The highest BCUT2D eigenvalue weighted by Crippen LogP contribution is 2.21. The summed E-state index contributed by atoms with van der Waals surface area (Å²) in [5.41, 5.74) is 0.165. The first-order valence-electron chi connectivity index (χ1n) is 11.5. The SMILES string of the molecule is CCCCOc1ccc(/C=C/C(=O)Oc2ccc3cc(C(=O)NCCCOC)c(=O)oc3c2)cc1. The van der Waals surface area contributed by atoms with Crippen molar-refractivity contribution < 1.29 is 28.2 Å². The first kappa shape index (κ1) is 25.7. The Morgan fingerprint density at radius 2 is 1.77 bits per heavy atom. The van der Waals surface area contributed by atoms with Crippen molar-refractivity contribution in [1.82, 2.24) is 5.32 Å². The number of benzene rings is 2. The molecule has 0 spiro atoms. The molecule has 184 valence electrons. The molecule has 0 aliphatic heterocycles. The minimum absolute atomic E-state index is 0.0932. The molecule has 0 aliphatic carbocycles. The summed E-state index contributed by atoms with van der Waals surface area (Å²) in [6.07, 6.45) is 5.64. The topological polar surface area (TPSA) is 104 Å². The van der Waals surface area contributed by atoms with Gasteiger partial charge in [-0.15, -0.1) is 0 Å². The summed E-state index contributed by atoms with van der Waals surface area (Å²) in [5, 5.41) is 3.19. The van der Waals surface area contributed by atoms with Crippen LogP contribution in [-0.2, 0) is 9.53 Å². The number of hydrogen-bond acceptors (Lipinski definition) is 7. The number of unbranched alkanes of at least 4 members (excludes halogenated alkanes) is 1. The number of methoxy groups -OCH3 is 1. The van der Waals surface area contributed by atoms with Gasteiger partial charge in [0.1, 0.15) is 22.6 Å². The fourth-order valence-electron chi connectivity index (χ4n) is 3.15. The van der Waals surface area contributed by atoms with Gasteiger partial charge >= 0.3 is 11.6 Å². The van der Waals surface area contributed by atoms with Crippen LogP contribution in [0.15, 0.2) is 63.8 Å². The third-order valence-corrected chi connectivity index (χ3v) is 5.04. The summed E-state index contributed by atoms with van der Waals surface area (Å²) in [7, 11) is 1.57. The van der Waals surface area contributed by atoms with Gasteiger partial charge in [-0.25, -0.2) is 9.59 Å². The number of fused-ring (bicyclic) bond motifs is 1. The van der Waals surface area contributed by atoms with Gasteiger partial charge in [-0.3, -0.25) is 4.79 Å². The van der Waals surface area contributed by atoms with Gasteiger partial charge in [0.15, 0.2) is 0 Å². The van der Waals surface area contributed by atoms with Gasteiger partial charge in [0, 0.05) is 37.8 Å². The number of ether oxygens (including phenoxy) is 3. The average Bonchev–Trinajstić information content (AvgIpc) is 2.85. The molecular weight excluding hydrogens is 450 g/mol. The van der Waals surface area contributed by atoms with Crippen molar-refractivity contribution in [2.24, 2.45) is 0 Å². The quantitative estimate of drug-likeness (QED) is 0.135. The third kappa shape index (κ3) is 7.82. The zero-order chi connectivity index (χ0) is 25.0. The largest absolute Gasteiger partial charge is 0.494 e. The number of carbonyl (C=O) groups excluding carboxylic acids is 2. The van der Waals surface area contributed by atoms with Gasteiger partial charge in [-0.2, -0.15) is 0 Å². The van der Waals surface area contributed by atoms with Crippen LogP contribution in [0, 0.1) is 0 Å². The van der Waals surface area contributed by atoms with E-state index in [2.05, 4.69) is 12.2 Å². The highest BCUT2D eigenvalue weighted by atomic mass is 16.5. The number of hydrogen-bond donors (Lipinski definition) is 1. The Morgan fingerprint density at radius 1 is 1.00 bits per heavy atom. The number of nitrogens with one attached hydrogen (secondary N) is 1. The molecule has 1 aromatic heterocycles. The molecule has 3 aromatic rings. The summed E-state index contributed by atoms with van der Waals surface area (Å²) in [5.74, 6) is -0.103. The molecule has 0 fully saturated rings. The van der Waals surface area contributed by atoms with E-state index in [1.54, 1.807) is 25.3 Å². The molecule has 1 N–H and O–H groups in total. The number of rotatable bonds is 12. The van der Waals surface area contributed by atoms with Crippen molar-refractivity contribution in [1.29, 1.82) is 0 Å². The van der Waals surface area contributed by atoms with Crippen LogP contribution in [0.1, 0.15) is 42.1 Å². The van der Waals surface area contributed by atoms with Crippen molar-refractivity contribution in [2.75, 3.05) is 26.9 Å². The Kier molecular flexibility index (Phi) is 9.62. The van der Waals surface area contributed by atoms with E-state index < -0.39 is 17.5 Å². The lowest BCUT2D eigenvalue weighted by Gasteiger charge is -2.06. The molecule has 0 saturated carbocycles. The van der Waals surface area contributed by atoms with E-state index >= 15 is 0 Å². The van der Waals surface area contributed by atoms with E-state index in [9.17, 15) is 14.4 Å². The lowest BCUT2D eigenvalue weighted by atomic mass is 10.1. The van der Waals surface area contributed by atoms with Gasteiger partial charge in [0.25, 0.3) is 5.91 Å². The third-order valence-electron chi connectivity index (χ3n) is 5.04. The van der Waals surface area contributed by atoms with Crippen molar-refractivity contribution in [3.05, 3.63) is 76.2 Å². The Hall–Kier alpha value is -3.91. The van der Waals surface area contributed by atoms with Gasteiger partial charge in [0.05, 0.1) is 6.61 Å². The highest BCUT2D eigenvalue weighted by molar-refractivity contribution is 5.97. The second kappa shape index (κ2) is 13.1. The van der Waals surface area contributed by atoms with E-state index in [1.807, 2.05) is 24.3 Å². The first-order valence-corrected chi connectivity index (χ1v) is 11.5. The van der Waals surface area contributed by atoms with Gasteiger partial charge in [0.2, 0.25) is 0 Å². The Bertz CT molecular complexity index is 1230. The van der Waals surface area contributed by atoms with E-state index in [0.29, 0.717) is 31.6 Å². The Labute approximate surface area is 203 Å². The molecule has 0 atom stereocenters. The maximum absolute atomic E-state index is 12.3. The molecule has 35 heavy (non-hydrogen) atoms. The Morgan fingerprint density at radius 3 is 2.51 bits per heavy atom. The zero-order valence-corrected chi connectivity index (χ0v) is 19.9. The molecule has 8 nitrogen and oxygen atoms in total. The minimum Gasteiger partial charge on any atom is -0.494 e. The zero-order valence-electron chi connectivity index (χ0n) is 19.9.